The van der Waals surface area contributed by atoms with Crippen molar-refractivity contribution in [2.24, 2.45) is 0 Å². The van der Waals surface area contributed by atoms with Gasteiger partial charge in [-0.15, -0.1) is 0 Å². The molecule has 2 heterocycles. The maximum Gasteiger partial charge on any atom is 0.198 e. The second-order valence-electron chi connectivity index (χ2n) is 2.57. The van der Waals surface area contributed by atoms with Gasteiger partial charge >= 0.3 is 0 Å². The van der Waals surface area contributed by atoms with E-state index in [0.717, 1.165) is 0 Å². The summed E-state index contributed by atoms with van der Waals surface area (Å²) in [5.74, 6) is 0.662. The summed E-state index contributed by atoms with van der Waals surface area (Å²) >= 11 is 0. The summed E-state index contributed by atoms with van der Waals surface area (Å²) in [5.41, 5.74) is 0.323. The van der Waals surface area contributed by atoms with Gasteiger partial charge in [-0.1, -0.05) is 11.5 Å². The first-order valence-electron chi connectivity index (χ1n) is 3.07. The van der Waals surface area contributed by atoms with E-state index in [4.69, 9.17) is 7.85 Å². The van der Waals surface area contributed by atoms with Crippen molar-refractivity contribution < 1.29 is 0 Å². The largest absolute Gasteiger partial charge is 0.393 e. The van der Waals surface area contributed by atoms with Crippen LogP contribution in [0, 0.1) is 0 Å². The number of hydrogen-bond donors (Lipinski definition) is 0. The van der Waals surface area contributed by atoms with Crippen LogP contribution in [0.2, 0.25) is 11.5 Å². The Kier molecular flexibility index (Phi) is 0.975. The predicted octanol–water partition coefficient (Wildman–Crippen LogP) is -0.353. The first kappa shape index (κ1) is 4.98. The lowest BCUT2D eigenvalue weighted by molar-refractivity contribution is 0.649. The zero-order chi connectivity index (χ0) is 5.56. The van der Waals surface area contributed by atoms with Crippen LogP contribution in [0.15, 0.2) is 0 Å². The SMILES string of the molecule is [B]C1[B]N2[B]C1CC2. The molecule has 2 fully saturated rings. The van der Waals surface area contributed by atoms with Crippen molar-refractivity contribution in [2.75, 3.05) is 6.54 Å². The van der Waals surface area contributed by atoms with Gasteiger partial charge in [0.2, 0.25) is 0 Å². The van der Waals surface area contributed by atoms with Gasteiger partial charge in [-0.05, 0) is 13.0 Å². The highest BCUT2D eigenvalue weighted by Crippen LogP contribution is 2.36. The van der Waals surface area contributed by atoms with Crippen molar-refractivity contribution in [2.45, 2.75) is 18.0 Å². The third kappa shape index (κ3) is 0.556. The van der Waals surface area contributed by atoms with E-state index < -0.39 is 0 Å². The molecule has 2 bridgehead atoms. The van der Waals surface area contributed by atoms with Crippen LogP contribution in [0.1, 0.15) is 6.42 Å². The maximum absolute atomic E-state index is 5.69. The van der Waals surface area contributed by atoms with Crippen molar-refractivity contribution >= 4 is 22.7 Å². The highest BCUT2D eigenvalue weighted by atomic mass is 15.0. The van der Waals surface area contributed by atoms with E-state index in [0.29, 0.717) is 11.5 Å². The molecule has 36 valence electrons. The van der Waals surface area contributed by atoms with Crippen molar-refractivity contribution in [1.29, 1.82) is 0 Å². The molecule has 8 heavy (non-hydrogen) atoms. The van der Waals surface area contributed by atoms with E-state index in [1.54, 1.807) is 0 Å². The summed E-state index contributed by atoms with van der Waals surface area (Å²) in [4.78, 5) is 0. The molecule has 4 radical (unpaired) electrons. The topological polar surface area (TPSA) is 3.24 Å². The van der Waals surface area contributed by atoms with Crippen LogP contribution in [0.3, 0.4) is 0 Å². The number of rotatable bonds is 0. The van der Waals surface area contributed by atoms with Gasteiger partial charge in [-0.2, -0.15) is 0 Å². The Morgan fingerprint density at radius 1 is 1.50 bits per heavy atom. The zero-order valence-corrected chi connectivity index (χ0v) is 4.75. The van der Waals surface area contributed by atoms with Crippen LogP contribution >= 0.6 is 0 Å². The van der Waals surface area contributed by atoms with Gasteiger partial charge in [-0.3, -0.25) is 0 Å². The van der Waals surface area contributed by atoms with Gasteiger partial charge in [-0.25, -0.2) is 0 Å². The predicted molar refractivity (Wildman–Crippen MR) is 36.1 cm³/mol. The number of hydrogen-bond acceptors (Lipinski definition) is 1. The first-order valence-corrected chi connectivity index (χ1v) is 3.07. The van der Waals surface area contributed by atoms with Gasteiger partial charge in [0, 0.05) is 0 Å². The van der Waals surface area contributed by atoms with Crippen molar-refractivity contribution in [3.8, 4) is 0 Å². The van der Waals surface area contributed by atoms with Gasteiger partial charge in [0.25, 0.3) is 0 Å². The Morgan fingerprint density at radius 3 is 2.62 bits per heavy atom. The van der Waals surface area contributed by atoms with Crippen LogP contribution in [-0.2, 0) is 0 Å². The average Bonchev–Trinajstić information content (AvgIpc) is 2.23. The van der Waals surface area contributed by atoms with E-state index >= 15 is 0 Å². The molecule has 0 N–H and O–H groups in total. The maximum atomic E-state index is 5.69. The Morgan fingerprint density at radius 2 is 2.38 bits per heavy atom. The molecule has 0 saturated carbocycles. The molecule has 0 aliphatic carbocycles. The molecule has 0 aromatic rings. The first-order chi connectivity index (χ1) is 3.86. The second-order valence-corrected chi connectivity index (χ2v) is 2.57. The minimum Gasteiger partial charge on any atom is -0.393 e. The normalized spacial score (nSPS) is 50.8. The second kappa shape index (κ2) is 1.57. The van der Waals surface area contributed by atoms with Crippen LogP contribution in [0.25, 0.3) is 0 Å². The fraction of sp³-hybridized carbons (Fsp3) is 1.00. The van der Waals surface area contributed by atoms with Gasteiger partial charge in [0.05, 0.1) is 7.85 Å². The minimum absolute atomic E-state index is 0.323. The molecular formula is C4H6B3N. The quantitative estimate of drug-likeness (QED) is 0.376. The lowest BCUT2D eigenvalue weighted by atomic mass is 9.55. The van der Waals surface area contributed by atoms with Crippen molar-refractivity contribution in [1.82, 2.24) is 4.72 Å². The van der Waals surface area contributed by atoms with Crippen molar-refractivity contribution in [3.63, 3.8) is 0 Å². The highest BCUT2D eigenvalue weighted by Gasteiger charge is 2.36. The fourth-order valence-electron chi connectivity index (χ4n) is 1.44. The third-order valence-electron chi connectivity index (χ3n) is 1.96. The van der Waals surface area contributed by atoms with Crippen LogP contribution in [0.5, 0.6) is 0 Å². The Balaban J connectivity index is 2.11. The summed E-state index contributed by atoms with van der Waals surface area (Å²) in [7, 11) is 10.0. The lowest BCUT2D eigenvalue weighted by Gasteiger charge is -2.17. The molecule has 2 aliphatic heterocycles. The van der Waals surface area contributed by atoms with E-state index in [1.807, 2.05) is 0 Å². The smallest absolute Gasteiger partial charge is 0.198 e. The summed E-state index contributed by atoms with van der Waals surface area (Å²) in [5, 5.41) is 0. The molecule has 2 rings (SSSR count). The lowest BCUT2D eigenvalue weighted by Crippen LogP contribution is -2.24. The van der Waals surface area contributed by atoms with Gasteiger partial charge < -0.3 is 4.72 Å². The highest BCUT2D eigenvalue weighted by molar-refractivity contribution is 6.66. The van der Waals surface area contributed by atoms with E-state index in [2.05, 4.69) is 19.6 Å². The summed E-state index contributed by atoms with van der Waals surface area (Å²) in [6.45, 7) is 1.19. The molecule has 3 atom stereocenters. The summed E-state index contributed by atoms with van der Waals surface area (Å²) < 4.78 is 2.20. The molecule has 4 heteroatoms. The molecule has 2 aliphatic rings. The minimum atomic E-state index is 0.323. The zero-order valence-electron chi connectivity index (χ0n) is 4.75. The monoisotopic (exact) mass is 101 g/mol. The van der Waals surface area contributed by atoms with Crippen LogP contribution in [0.4, 0.5) is 0 Å². The molecule has 0 spiro atoms. The number of nitrogens with zero attached hydrogens (tertiary/aromatic N) is 1. The van der Waals surface area contributed by atoms with Gasteiger partial charge in [0.15, 0.2) is 14.8 Å². The Hall–Kier alpha value is 0.155. The third-order valence-corrected chi connectivity index (χ3v) is 1.96. The summed E-state index contributed by atoms with van der Waals surface area (Å²) in [6, 6.07) is 0. The van der Waals surface area contributed by atoms with Gasteiger partial charge in [0.1, 0.15) is 0 Å². The average molecular weight is 101 g/mol. The molecule has 0 aromatic carbocycles. The Bertz CT molecular complexity index is 105. The molecular weight excluding hydrogens is 94.5 g/mol. The number of fused-ring (bicyclic) bond motifs is 2. The summed E-state index contributed by atoms with van der Waals surface area (Å²) in [6.07, 6.45) is 1.26. The Labute approximate surface area is 52.8 Å². The van der Waals surface area contributed by atoms with E-state index in [1.165, 1.54) is 13.0 Å². The molecule has 1 nitrogen and oxygen atoms in total. The molecule has 0 amide bonds. The van der Waals surface area contributed by atoms with E-state index in [9.17, 15) is 0 Å². The molecule has 0 aromatic heterocycles. The van der Waals surface area contributed by atoms with E-state index in [-0.39, 0.29) is 0 Å². The van der Waals surface area contributed by atoms with Crippen molar-refractivity contribution in [3.05, 3.63) is 0 Å². The van der Waals surface area contributed by atoms with Crippen LogP contribution in [-0.4, -0.2) is 33.9 Å². The van der Waals surface area contributed by atoms with Crippen LogP contribution < -0.4 is 0 Å². The molecule has 3 unspecified atom stereocenters. The standard InChI is InChI=1S/C4H6B3N/c5-4-3-1-2-8(6-3)7-4/h3-4H,1-2H2. The fourth-order valence-corrected chi connectivity index (χ4v) is 1.44. The molecule has 2 saturated heterocycles.